The lowest BCUT2D eigenvalue weighted by molar-refractivity contribution is -0.215. The minimum atomic E-state index is -2.81. The SMILES string of the molecule is C[C@@H]1C[C@@]2(OC(=O)[C@@]3(C)COCN3C2=O)[C@@](C)(CCCO[Si](C)(C)C(C)(C)C)C=C1CO[Si](c1ccccc1)(c1ccccc1)C(C)(C)C. The number of ether oxygens (including phenoxy) is 2. The highest BCUT2D eigenvalue weighted by Crippen LogP contribution is 2.54. The molecule has 0 unspecified atom stereocenters. The molecule has 2 aliphatic heterocycles. The summed E-state index contributed by atoms with van der Waals surface area (Å²) in [6.07, 6.45) is 3.98. The van der Waals surface area contributed by atoms with Crippen LogP contribution in [0.5, 0.6) is 0 Å². The van der Waals surface area contributed by atoms with Gasteiger partial charge in [0.1, 0.15) is 6.73 Å². The smallest absolute Gasteiger partial charge is 0.335 e. The Hall–Kier alpha value is -2.57. The summed E-state index contributed by atoms with van der Waals surface area (Å²) < 4.78 is 26.2. The minimum Gasteiger partial charge on any atom is -0.446 e. The van der Waals surface area contributed by atoms with Crippen LogP contribution in [0.15, 0.2) is 72.3 Å². The van der Waals surface area contributed by atoms with Crippen molar-refractivity contribution in [2.75, 3.05) is 26.6 Å². The summed E-state index contributed by atoms with van der Waals surface area (Å²) in [7, 11) is -4.78. The van der Waals surface area contributed by atoms with E-state index in [1.807, 2.05) is 0 Å². The maximum Gasteiger partial charge on any atom is 0.335 e. The van der Waals surface area contributed by atoms with Crippen LogP contribution < -0.4 is 10.4 Å². The summed E-state index contributed by atoms with van der Waals surface area (Å²) in [6, 6.07) is 21.3. The molecular formula is C40H59NO6Si2. The Kier molecular flexibility index (Phi) is 10.2. The Morgan fingerprint density at radius 1 is 0.878 bits per heavy atom. The van der Waals surface area contributed by atoms with Crippen molar-refractivity contribution in [1.82, 2.24) is 4.90 Å². The van der Waals surface area contributed by atoms with Crippen molar-refractivity contribution >= 4 is 38.9 Å². The molecule has 0 aromatic heterocycles. The molecule has 7 nitrogen and oxygen atoms in total. The molecule has 1 amide bonds. The van der Waals surface area contributed by atoms with Gasteiger partial charge in [0.15, 0.2) is 19.5 Å². The second kappa shape index (κ2) is 13.2. The first-order valence-corrected chi connectivity index (χ1v) is 22.8. The molecule has 9 heteroatoms. The molecule has 2 aromatic carbocycles. The molecule has 2 fully saturated rings. The van der Waals surface area contributed by atoms with E-state index < -0.39 is 33.2 Å². The van der Waals surface area contributed by atoms with Crippen LogP contribution >= 0.6 is 0 Å². The van der Waals surface area contributed by atoms with E-state index in [1.165, 1.54) is 10.4 Å². The van der Waals surface area contributed by atoms with Gasteiger partial charge < -0.3 is 18.3 Å². The van der Waals surface area contributed by atoms with Gasteiger partial charge in [0.2, 0.25) is 0 Å². The number of benzene rings is 2. The fourth-order valence-corrected chi connectivity index (χ4v) is 13.5. The van der Waals surface area contributed by atoms with Gasteiger partial charge in [-0.3, -0.25) is 9.69 Å². The summed E-state index contributed by atoms with van der Waals surface area (Å²) in [5.74, 6) is -0.602. The molecule has 0 radical (unpaired) electrons. The predicted octanol–water partition coefficient (Wildman–Crippen LogP) is 7.21. The average Bonchev–Trinajstić information content (AvgIpc) is 3.44. The fourth-order valence-electron chi connectivity index (χ4n) is 7.89. The van der Waals surface area contributed by atoms with E-state index in [0.29, 0.717) is 26.1 Å². The largest absolute Gasteiger partial charge is 0.446 e. The van der Waals surface area contributed by atoms with E-state index in [-0.39, 0.29) is 41.2 Å². The van der Waals surface area contributed by atoms with Crippen LogP contribution in [0.3, 0.4) is 0 Å². The van der Waals surface area contributed by atoms with Crippen molar-refractivity contribution in [3.05, 3.63) is 72.3 Å². The van der Waals surface area contributed by atoms with Crippen LogP contribution in [0.25, 0.3) is 0 Å². The number of esters is 1. The Labute approximate surface area is 297 Å². The van der Waals surface area contributed by atoms with E-state index in [9.17, 15) is 9.59 Å². The molecule has 49 heavy (non-hydrogen) atoms. The van der Waals surface area contributed by atoms with Gasteiger partial charge in [-0.1, -0.05) is 122 Å². The van der Waals surface area contributed by atoms with Crippen LogP contribution in [0.1, 0.15) is 81.6 Å². The average molecular weight is 706 g/mol. The fraction of sp³-hybridized carbons (Fsp3) is 0.600. The molecule has 4 atom stereocenters. The third-order valence-electron chi connectivity index (χ3n) is 12.1. The first-order chi connectivity index (χ1) is 22.7. The van der Waals surface area contributed by atoms with Gasteiger partial charge in [-0.05, 0) is 64.8 Å². The van der Waals surface area contributed by atoms with Crippen LogP contribution in [0.4, 0.5) is 0 Å². The van der Waals surface area contributed by atoms with E-state index in [2.05, 4.69) is 135 Å². The highest BCUT2D eigenvalue weighted by Gasteiger charge is 2.68. The van der Waals surface area contributed by atoms with Crippen molar-refractivity contribution in [1.29, 1.82) is 0 Å². The minimum absolute atomic E-state index is 0.0561. The number of rotatable bonds is 10. The molecule has 1 aliphatic carbocycles. The number of amides is 1. The van der Waals surface area contributed by atoms with Crippen molar-refractivity contribution in [2.45, 2.75) is 116 Å². The van der Waals surface area contributed by atoms with E-state index in [4.69, 9.17) is 18.3 Å². The number of hydrogen-bond acceptors (Lipinski definition) is 6. The molecule has 2 aromatic rings. The van der Waals surface area contributed by atoms with Gasteiger partial charge in [0.25, 0.3) is 14.2 Å². The summed E-state index contributed by atoms with van der Waals surface area (Å²) >= 11 is 0. The Morgan fingerprint density at radius 3 is 1.98 bits per heavy atom. The summed E-state index contributed by atoms with van der Waals surface area (Å²) in [4.78, 5) is 30.0. The molecule has 0 bridgehead atoms. The van der Waals surface area contributed by atoms with Crippen molar-refractivity contribution in [2.24, 2.45) is 11.3 Å². The Bertz CT molecular complexity index is 1510. The quantitative estimate of drug-likeness (QED) is 0.113. The van der Waals surface area contributed by atoms with Gasteiger partial charge in [0.05, 0.1) is 13.2 Å². The highest BCUT2D eigenvalue weighted by molar-refractivity contribution is 6.99. The lowest BCUT2D eigenvalue weighted by atomic mass is 9.60. The van der Waals surface area contributed by atoms with Crippen LogP contribution in [-0.4, -0.2) is 71.1 Å². The molecule has 2 saturated heterocycles. The van der Waals surface area contributed by atoms with Crippen LogP contribution in [0.2, 0.25) is 23.2 Å². The number of nitrogens with zero attached hydrogens (tertiary/aromatic N) is 1. The normalized spacial score (nSPS) is 28.0. The number of carbonyl (C=O) groups excluding carboxylic acids is 2. The van der Waals surface area contributed by atoms with Gasteiger partial charge >= 0.3 is 5.97 Å². The summed E-state index contributed by atoms with van der Waals surface area (Å²) in [5.41, 5.74) is -2.08. The standard InChI is InChI=1S/C40H59NO6Si2/c1-30-25-40(34(42)41-29-44-28-39(41,9)35(43)47-40)38(8,23-18-24-45-48(10,11)36(2,3)4)26-31(30)27-46-49(37(5,6)7,32-19-14-12-15-20-32)33-21-16-13-17-22-33/h12-17,19-22,26,30H,18,23-25,27-29H2,1-11H3/t30-,38+,39-,40+/m1/s1. The topological polar surface area (TPSA) is 74.3 Å². The molecule has 268 valence electrons. The maximum atomic E-state index is 14.6. The lowest BCUT2D eigenvalue weighted by Crippen LogP contribution is -2.72. The monoisotopic (exact) mass is 705 g/mol. The first-order valence-electron chi connectivity index (χ1n) is 18.0. The first kappa shape index (κ1) is 37.7. The molecule has 1 spiro atoms. The molecular weight excluding hydrogens is 647 g/mol. The van der Waals surface area contributed by atoms with E-state index >= 15 is 0 Å². The Balaban J connectivity index is 1.54. The number of morpholine rings is 1. The predicted molar refractivity (Wildman–Crippen MR) is 201 cm³/mol. The lowest BCUT2D eigenvalue weighted by Gasteiger charge is -2.55. The van der Waals surface area contributed by atoms with Gasteiger partial charge in [-0.25, -0.2) is 4.79 Å². The third kappa shape index (κ3) is 6.43. The molecule has 5 rings (SSSR count). The van der Waals surface area contributed by atoms with Crippen molar-refractivity contribution < 1.29 is 27.9 Å². The van der Waals surface area contributed by atoms with Gasteiger partial charge in [-0.15, -0.1) is 0 Å². The second-order valence-corrected chi connectivity index (χ2v) is 26.7. The zero-order chi connectivity index (χ0) is 36.1. The van der Waals surface area contributed by atoms with Crippen molar-refractivity contribution in [3.63, 3.8) is 0 Å². The second-order valence-electron chi connectivity index (χ2n) is 17.6. The van der Waals surface area contributed by atoms with Gasteiger partial charge in [-0.2, -0.15) is 0 Å². The molecule has 0 saturated carbocycles. The molecule has 0 N–H and O–H groups in total. The molecule has 3 aliphatic rings. The number of hydrogen-bond donors (Lipinski definition) is 0. The number of fused-ring (bicyclic) bond motifs is 1. The zero-order valence-corrected chi connectivity index (χ0v) is 33.8. The molecule has 2 heterocycles. The van der Waals surface area contributed by atoms with E-state index in [1.54, 1.807) is 11.8 Å². The highest BCUT2D eigenvalue weighted by atomic mass is 28.4. The Morgan fingerprint density at radius 2 is 1.45 bits per heavy atom. The van der Waals surface area contributed by atoms with Crippen LogP contribution in [-0.2, 0) is 27.9 Å². The van der Waals surface area contributed by atoms with Crippen molar-refractivity contribution in [3.8, 4) is 0 Å². The zero-order valence-electron chi connectivity index (χ0n) is 31.8. The van der Waals surface area contributed by atoms with Crippen LogP contribution in [0, 0.1) is 11.3 Å². The summed E-state index contributed by atoms with van der Waals surface area (Å²) in [6.45, 7) is 25.4. The summed E-state index contributed by atoms with van der Waals surface area (Å²) in [5, 5.41) is 2.38. The maximum absolute atomic E-state index is 14.6. The van der Waals surface area contributed by atoms with E-state index in [0.717, 1.165) is 12.0 Å². The van der Waals surface area contributed by atoms with Gasteiger partial charge in [0, 0.05) is 18.4 Å². The third-order valence-corrected chi connectivity index (χ3v) is 21.7. The number of carbonyl (C=O) groups is 2.